The molecule has 0 saturated heterocycles. The Bertz CT molecular complexity index is 779. The van der Waals surface area contributed by atoms with Crippen LogP contribution in [-0.2, 0) is 0 Å². The largest absolute Gasteiger partial charge is 0.319 e. The van der Waals surface area contributed by atoms with E-state index in [1.807, 2.05) is 28.9 Å². The van der Waals surface area contributed by atoms with Gasteiger partial charge < -0.3 is 5.73 Å². The van der Waals surface area contributed by atoms with Gasteiger partial charge in [-0.2, -0.15) is 5.10 Å². The lowest BCUT2D eigenvalue weighted by Gasteiger charge is -2.18. The van der Waals surface area contributed by atoms with Gasteiger partial charge in [-0.3, -0.25) is 9.67 Å². The monoisotopic (exact) mass is 300 g/mol. The number of benzene rings is 1. The van der Waals surface area contributed by atoms with Gasteiger partial charge in [0.25, 0.3) is 0 Å². The molecule has 0 bridgehead atoms. The van der Waals surface area contributed by atoms with E-state index in [0.717, 1.165) is 22.2 Å². The molecule has 108 valence electrons. The first-order chi connectivity index (χ1) is 10.1. The van der Waals surface area contributed by atoms with E-state index in [2.05, 4.69) is 30.0 Å². The van der Waals surface area contributed by atoms with Crippen molar-refractivity contribution in [2.45, 2.75) is 25.9 Å². The zero-order chi connectivity index (χ0) is 15.0. The number of aromatic nitrogens is 3. The fraction of sp³-hybridized carbons (Fsp3) is 0.250. The molecule has 0 spiro atoms. The molecule has 5 heteroatoms. The van der Waals surface area contributed by atoms with Gasteiger partial charge in [0.2, 0.25) is 0 Å². The summed E-state index contributed by atoms with van der Waals surface area (Å²) in [6.45, 7) is 4.12. The van der Waals surface area contributed by atoms with Crippen LogP contribution in [0.15, 0.2) is 42.7 Å². The highest BCUT2D eigenvalue weighted by Crippen LogP contribution is 2.29. The van der Waals surface area contributed by atoms with Crippen molar-refractivity contribution in [3.05, 3.63) is 59.0 Å². The van der Waals surface area contributed by atoms with Gasteiger partial charge in [0.1, 0.15) is 0 Å². The van der Waals surface area contributed by atoms with E-state index >= 15 is 0 Å². The summed E-state index contributed by atoms with van der Waals surface area (Å²) in [6, 6.07) is 9.87. The standard InChI is InChI=1S/C16H17ClN4/c1-10(2)21-16(13(17)9-20-21)15(18)12-5-6-14-11(8-12)4-3-7-19-14/h3-10,15H,18H2,1-2H3. The number of nitrogens with zero attached hydrogens (tertiary/aromatic N) is 3. The average Bonchev–Trinajstić information content (AvgIpc) is 2.88. The first-order valence-electron chi connectivity index (χ1n) is 6.91. The van der Waals surface area contributed by atoms with Crippen molar-refractivity contribution >= 4 is 22.5 Å². The highest BCUT2D eigenvalue weighted by Gasteiger charge is 2.20. The van der Waals surface area contributed by atoms with Crippen LogP contribution in [0.4, 0.5) is 0 Å². The first kappa shape index (κ1) is 14.0. The summed E-state index contributed by atoms with van der Waals surface area (Å²) in [5, 5.41) is 5.98. The molecule has 0 saturated carbocycles. The maximum Gasteiger partial charge on any atom is 0.0837 e. The van der Waals surface area contributed by atoms with Gasteiger partial charge in [0.05, 0.1) is 28.5 Å². The number of rotatable bonds is 3. The van der Waals surface area contributed by atoms with E-state index in [-0.39, 0.29) is 12.1 Å². The average molecular weight is 301 g/mol. The van der Waals surface area contributed by atoms with Crippen molar-refractivity contribution in [3.63, 3.8) is 0 Å². The first-order valence-corrected chi connectivity index (χ1v) is 7.29. The topological polar surface area (TPSA) is 56.7 Å². The lowest BCUT2D eigenvalue weighted by atomic mass is 10.0. The van der Waals surface area contributed by atoms with Crippen LogP contribution in [0.2, 0.25) is 5.02 Å². The van der Waals surface area contributed by atoms with Gasteiger partial charge in [0.15, 0.2) is 0 Å². The van der Waals surface area contributed by atoms with E-state index in [4.69, 9.17) is 17.3 Å². The third-order valence-corrected chi connectivity index (χ3v) is 3.85. The molecular formula is C16H17ClN4. The Morgan fingerprint density at radius 3 is 2.81 bits per heavy atom. The second kappa shape index (κ2) is 5.47. The summed E-state index contributed by atoms with van der Waals surface area (Å²) >= 11 is 6.28. The molecule has 0 amide bonds. The fourth-order valence-electron chi connectivity index (χ4n) is 2.50. The molecule has 3 aromatic rings. The van der Waals surface area contributed by atoms with Crippen molar-refractivity contribution in [3.8, 4) is 0 Å². The minimum atomic E-state index is -0.313. The third-order valence-electron chi connectivity index (χ3n) is 3.56. The molecule has 0 aliphatic rings. The molecule has 0 aliphatic heterocycles. The summed E-state index contributed by atoms with van der Waals surface area (Å²) in [5.41, 5.74) is 9.22. The Kier molecular flexibility index (Phi) is 3.66. The van der Waals surface area contributed by atoms with Gasteiger partial charge in [-0.25, -0.2) is 0 Å². The van der Waals surface area contributed by atoms with Crippen LogP contribution in [0.25, 0.3) is 10.9 Å². The van der Waals surface area contributed by atoms with Crippen LogP contribution < -0.4 is 5.73 Å². The smallest absolute Gasteiger partial charge is 0.0837 e. The van der Waals surface area contributed by atoms with Crippen molar-refractivity contribution < 1.29 is 0 Å². The van der Waals surface area contributed by atoms with Gasteiger partial charge in [-0.1, -0.05) is 23.7 Å². The van der Waals surface area contributed by atoms with Crippen LogP contribution >= 0.6 is 11.6 Å². The molecule has 2 heterocycles. The molecule has 0 aliphatic carbocycles. The molecule has 2 aromatic heterocycles. The molecule has 1 aromatic carbocycles. The molecule has 0 radical (unpaired) electrons. The van der Waals surface area contributed by atoms with Crippen molar-refractivity contribution in [2.75, 3.05) is 0 Å². The van der Waals surface area contributed by atoms with Crippen LogP contribution in [0, 0.1) is 0 Å². The van der Waals surface area contributed by atoms with Crippen LogP contribution in [0.5, 0.6) is 0 Å². The Morgan fingerprint density at radius 2 is 2.05 bits per heavy atom. The van der Waals surface area contributed by atoms with Gasteiger partial charge in [0, 0.05) is 17.6 Å². The van der Waals surface area contributed by atoms with Crippen molar-refractivity contribution in [1.29, 1.82) is 0 Å². The normalized spacial score (nSPS) is 13.0. The number of nitrogens with two attached hydrogens (primary N) is 1. The number of pyridine rings is 1. The predicted molar refractivity (Wildman–Crippen MR) is 85.4 cm³/mol. The minimum absolute atomic E-state index is 0.209. The lowest BCUT2D eigenvalue weighted by Crippen LogP contribution is -2.19. The number of fused-ring (bicyclic) bond motifs is 1. The summed E-state index contributed by atoms with van der Waals surface area (Å²) in [5.74, 6) is 0. The summed E-state index contributed by atoms with van der Waals surface area (Å²) in [6.07, 6.45) is 3.44. The van der Waals surface area contributed by atoms with Crippen LogP contribution in [0.3, 0.4) is 0 Å². The predicted octanol–water partition coefficient (Wildman–Crippen LogP) is 3.71. The van der Waals surface area contributed by atoms with Crippen LogP contribution in [0.1, 0.15) is 37.2 Å². The highest BCUT2D eigenvalue weighted by molar-refractivity contribution is 6.31. The molecule has 2 N–H and O–H groups in total. The Balaban J connectivity index is 2.08. The van der Waals surface area contributed by atoms with E-state index in [9.17, 15) is 0 Å². The minimum Gasteiger partial charge on any atom is -0.319 e. The van der Waals surface area contributed by atoms with Crippen molar-refractivity contribution in [2.24, 2.45) is 5.73 Å². The van der Waals surface area contributed by atoms with E-state index in [1.54, 1.807) is 12.4 Å². The Morgan fingerprint density at radius 1 is 1.24 bits per heavy atom. The van der Waals surface area contributed by atoms with E-state index < -0.39 is 0 Å². The summed E-state index contributed by atoms with van der Waals surface area (Å²) in [7, 11) is 0. The molecule has 0 fully saturated rings. The summed E-state index contributed by atoms with van der Waals surface area (Å²) < 4.78 is 1.88. The molecular weight excluding hydrogens is 284 g/mol. The molecule has 21 heavy (non-hydrogen) atoms. The molecule has 1 atom stereocenters. The molecule has 4 nitrogen and oxygen atoms in total. The quantitative estimate of drug-likeness (QED) is 0.802. The zero-order valence-electron chi connectivity index (χ0n) is 12.0. The van der Waals surface area contributed by atoms with Gasteiger partial charge >= 0.3 is 0 Å². The number of halogens is 1. The number of hydrogen-bond acceptors (Lipinski definition) is 3. The SMILES string of the molecule is CC(C)n1ncc(Cl)c1C(N)c1ccc2ncccc2c1. The summed E-state index contributed by atoms with van der Waals surface area (Å²) in [4.78, 5) is 4.32. The number of hydrogen-bond donors (Lipinski definition) is 1. The Labute approximate surface area is 128 Å². The van der Waals surface area contributed by atoms with E-state index in [0.29, 0.717) is 5.02 Å². The maximum atomic E-state index is 6.43. The van der Waals surface area contributed by atoms with Crippen LogP contribution in [-0.4, -0.2) is 14.8 Å². The zero-order valence-corrected chi connectivity index (χ0v) is 12.7. The molecule has 3 rings (SSSR count). The second-order valence-corrected chi connectivity index (χ2v) is 5.76. The fourth-order valence-corrected chi connectivity index (χ4v) is 2.75. The second-order valence-electron chi connectivity index (χ2n) is 5.35. The Hall–Kier alpha value is -1.91. The van der Waals surface area contributed by atoms with E-state index in [1.165, 1.54) is 0 Å². The van der Waals surface area contributed by atoms with Gasteiger partial charge in [-0.15, -0.1) is 0 Å². The lowest BCUT2D eigenvalue weighted by molar-refractivity contribution is 0.499. The van der Waals surface area contributed by atoms with Crippen molar-refractivity contribution in [1.82, 2.24) is 14.8 Å². The molecule has 1 unspecified atom stereocenters. The maximum absolute atomic E-state index is 6.43. The van der Waals surface area contributed by atoms with Gasteiger partial charge in [-0.05, 0) is 37.6 Å². The third kappa shape index (κ3) is 2.52. The highest BCUT2D eigenvalue weighted by atomic mass is 35.5.